The lowest BCUT2D eigenvalue weighted by molar-refractivity contribution is 0.116. The molecule has 4 aromatic rings. The third kappa shape index (κ3) is 5.07. The van der Waals surface area contributed by atoms with E-state index >= 15 is 0 Å². The van der Waals surface area contributed by atoms with Gasteiger partial charge in [0.05, 0.1) is 29.1 Å². The number of carbonyl (C=O) groups excluding carboxylic acids is 1. The summed E-state index contributed by atoms with van der Waals surface area (Å²) in [6, 6.07) is 13.8. The molecule has 0 aliphatic rings. The summed E-state index contributed by atoms with van der Waals surface area (Å²) < 4.78 is 27.8. The van der Waals surface area contributed by atoms with E-state index in [0.29, 0.717) is 17.1 Å². The van der Waals surface area contributed by atoms with Crippen molar-refractivity contribution in [3.05, 3.63) is 71.3 Å². The zero-order chi connectivity index (χ0) is 25.8. The highest BCUT2D eigenvalue weighted by molar-refractivity contribution is 5.92. The van der Waals surface area contributed by atoms with E-state index in [2.05, 4.69) is 15.5 Å². The van der Waals surface area contributed by atoms with Gasteiger partial charge < -0.3 is 19.7 Å². The smallest absolute Gasteiger partial charge is 0.406 e. The van der Waals surface area contributed by atoms with Crippen LogP contribution in [0.5, 0.6) is 5.75 Å². The van der Waals surface area contributed by atoms with Gasteiger partial charge in [0.15, 0.2) is 5.82 Å². The van der Waals surface area contributed by atoms with Crippen LogP contribution in [0.3, 0.4) is 0 Å². The molecular weight excluding hydrogens is 463 g/mol. The van der Waals surface area contributed by atoms with Gasteiger partial charge in [-0.3, -0.25) is 0 Å². The van der Waals surface area contributed by atoms with Crippen molar-refractivity contribution >= 4 is 22.8 Å². The first-order valence-electron chi connectivity index (χ1n) is 11.6. The summed E-state index contributed by atoms with van der Waals surface area (Å²) in [6.45, 7) is 3.96. The first-order valence-corrected chi connectivity index (χ1v) is 11.6. The Balaban J connectivity index is 1.68. The number of aryl methyl sites for hydroxylation is 2. The number of nitrogens with one attached hydrogen (secondary N) is 1. The number of halogens is 1. The van der Waals surface area contributed by atoms with Crippen molar-refractivity contribution in [1.29, 1.82) is 0 Å². The molecule has 0 saturated heterocycles. The topological polar surface area (TPSA) is 94.4 Å². The van der Waals surface area contributed by atoms with E-state index in [9.17, 15) is 9.18 Å². The molecular formula is C26H29FN6O3. The molecule has 2 aromatic carbocycles. The Labute approximate surface area is 208 Å². The number of ether oxygens (including phenoxy) is 2. The van der Waals surface area contributed by atoms with Gasteiger partial charge in [0.25, 0.3) is 0 Å². The van der Waals surface area contributed by atoms with E-state index < -0.39 is 12.2 Å². The summed E-state index contributed by atoms with van der Waals surface area (Å²) in [5.41, 5.74) is 3.63. The molecule has 2 aromatic heterocycles. The number of anilines is 1. The number of amides is 1. The number of benzene rings is 2. The van der Waals surface area contributed by atoms with Crippen molar-refractivity contribution in [2.24, 2.45) is 0 Å². The molecule has 0 radical (unpaired) electrons. The summed E-state index contributed by atoms with van der Waals surface area (Å²) in [4.78, 5) is 13.4. The van der Waals surface area contributed by atoms with Gasteiger partial charge >= 0.3 is 6.09 Å². The standard InChI is InChI=1S/C26H29FN6O3/c1-16-23-17(2)33(31-24(23)25(30-29-16)32(4)5)18-9-8-10-19(15-18)36-22(13-14-35-26(34)28-3)20-11-6-7-12-21(20)27/h6-12,15,22H,13-14H2,1-5H3,(H,28,34). The van der Waals surface area contributed by atoms with E-state index in [0.717, 1.165) is 28.0 Å². The van der Waals surface area contributed by atoms with Gasteiger partial charge in [0, 0.05) is 39.2 Å². The van der Waals surface area contributed by atoms with Crippen molar-refractivity contribution in [3.63, 3.8) is 0 Å². The Morgan fingerprint density at radius 1 is 1.14 bits per heavy atom. The minimum atomic E-state index is -0.667. The molecule has 2 heterocycles. The van der Waals surface area contributed by atoms with Gasteiger partial charge in [-0.25, -0.2) is 13.9 Å². The van der Waals surface area contributed by atoms with Gasteiger partial charge in [-0.1, -0.05) is 24.3 Å². The fraction of sp³-hybridized carbons (Fsp3) is 0.308. The van der Waals surface area contributed by atoms with Crippen LogP contribution in [0, 0.1) is 19.7 Å². The monoisotopic (exact) mass is 492 g/mol. The molecule has 0 saturated carbocycles. The fourth-order valence-corrected chi connectivity index (χ4v) is 4.06. The van der Waals surface area contributed by atoms with Crippen LogP contribution in [0.1, 0.15) is 29.5 Å². The number of alkyl carbamates (subject to hydrolysis) is 1. The minimum absolute atomic E-state index is 0.0641. The molecule has 1 N–H and O–H groups in total. The predicted octanol–water partition coefficient (Wildman–Crippen LogP) is 4.50. The molecule has 1 amide bonds. The summed E-state index contributed by atoms with van der Waals surface area (Å²) in [5, 5.41) is 16.8. The van der Waals surface area contributed by atoms with Crippen LogP contribution in [0.15, 0.2) is 48.5 Å². The molecule has 0 aliphatic carbocycles. The lowest BCUT2D eigenvalue weighted by Crippen LogP contribution is -2.21. The first-order chi connectivity index (χ1) is 17.3. The van der Waals surface area contributed by atoms with E-state index in [1.165, 1.54) is 13.1 Å². The molecule has 36 heavy (non-hydrogen) atoms. The van der Waals surface area contributed by atoms with Gasteiger partial charge in [0.2, 0.25) is 0 Å². The Hall–Kier alpha value is -4.21. The van der Waals surface area contributed by atoms with Crippen LogP contribution in [0.25, 0.3) is 16.6 Å². The second-order valence-corrected chi connectivity index (χ2v) is 8.52. The zero-order valence-corrected chi connectivity index (χ0v) is 20.9. The maximum absolute atomic E-state index is 14.6. The Morgan fingerprint density at radius 3 is 2.64 bits per heavy atom. The average molecular weight is 493 g/mol. The maximum Gasteiger partial charge on any atom is 0.406 e. The van der Waals surface area contributed by atoms with Crippen molar-refractivity contribution in [2.75, 3.05) is 32.6 Å². The molecule has 0 aliphatic heterocycles. The maximum atomic E-state index is 14.6. The number of rotatable bonds is 8. The summed E-state index contributed by atoms with van der Waals surface area (Å²) in [7, 11) is 5.28. The fourth-order valence-electron chi connectivity index (χ4n) is 4.06. The lowest BCUT2D eigenvalue weighted by atomic mass is 10.1. The van der Waals surface area contributed by atoms with Crippen molar-refractivity contribution in [3.8, 4) is 11.4 Å². The zero-order valence-electron chi connectivity index (χ0n) is 20.9. The Morgan fingerprint density at radius 2 is 1.92 bits per heavy atom. The number of hydrogen-bond acceptors (Lipinski definition) is 7. The van der Waals surface area contributed by atoms with Crippen LogP contribution in [0.2, 0.25) is 0 Å². The second-order valence-electron chi connectivity index (χ2n) is 8.52. The number of fused-ring (bicyclic) bond motifs is 1. The van der Waals surface area contributed by atoms with E-state index in [4.69, 9.17) is 14.6 Å². The predicted molar refractivity (Wildman–Crippen MR) is 135 cm³/mol. The highest BCUT2D eigenvalue weighted by Crippen LogP contribution is 2.31. The van der Waals surface area contributed by atoms with Crippen LogP contribution in [0.4, 0.5) is 15.0 Å². The van der Waals surface area contributed by atoms with Crippen LogP contribution < -0.4 is 15.0 Å². The molecule has 9 nitrogen and oxygen atoms in total. The number of carbonyl (C=O) groups is 1. The van der Waals surface area contributed by atoms with Crippen molar-refractivity contribution < 1.29 is 18.7 Å². The number of aromatic nitrogens is 4. The summed E-state index contributed by atoms with van der Waals surface area (Å²) in [5.74, 6) is 0.820. The highest BCUT2D eigenvalue weighted by atomic mass is 19.1. The third-order valence-corrected chi connectivity index (χ3v) is 5.82. The normalized spacial score (nSPS) is 11.8. The SMILES string of the molecule is CNC(=O)OCCC(Oc1cccc(-n2nc3c(N(C)C)nnc(C)c3c2C)c1)c1ccccc1F. The van der Waals surface area contributed by atoms with Gasteiger partial charge in [0.1, 0.15) is 23.2 Å². The Kier molecular flexibility index (Phi) is 7.33. The van der Waals surface area contributed by atoms with Crippen LogP contribution >= 0.6 is 0 Å². The van der Waals surface area contributed by atoms with Gasteiger partial charge in [-0.05, 0) is 32.0 Å². The average Bonchev–Trinajstić information content (AvgIpc) is 3.21. The summed E-state index contributed by atoms with van der Waals surface area (Å²) >= 11 is 0. The molecule has 10 heteroatoms. The van der Waals surface area contributed by atoms with E-state index in [-0.39, 0.29) is 18.8 Å². The quantitative estimate of drug-likeness (QED) is 0.387. The molecule has 0 spiro atoms. The minimum Gasteiger partial charge on any atom is -0.485 e. The van der Waals surface area contributed by atoms with Gasteiger partial charge in [-0.2, -0.15) is 10.2 Å². The molecule has 4 rings (SSSR count). The van der Waals surface area contributed by atoms with E-state index in [1.807, 2.05) is 55.7 Å². The second kappa shape index (κ2) is 10.6. The van der Waals surface area contributed by atoms with Crippen molar-refractivity contribution in [1.82, 2.24) is 25.3 Å². The molecule has 0 bridgehead atoms. The lowest BCUT2D eigenvalue weighted by Gasteiger charge is -2.20. The number of nitrogens with zero attached hydrogens (tertiary/aromatic N) is 5. The molecule has 188 valence electrons. The molecule has 0 fully saturated rings. The van der Waals surface area contributed by atoms with Gasteiger partial charge in [-0.15, -0.1) is 5.10 Å². The highest BCUT2D eigenvalue weighted by Gasteiger charge is 2.20. The van der Waals surface area contributed by atoms with Crippen LogP contribution in [-0.2, 0) is 4.74 Å². The third-order valence-electron chi connectivity index (χ3n) is 5.82. The van der Waals surface area contributed by atoms with E-state index in [1.54, 1.807) is 24.3 Å². The molecule has 1 atom stereocenters. The largest absolute Gasteiger partial charge is 0.485 e. The first kappa shape index (κ1) is 24.9. The Bertz CT molecular complexity index is 1390. The number of hydrogen-bond donors (Lipinski definition) is 1. The summed E-state index contributed by atoms with van der Waals surface area (Å²) in [6.07, 6.45) is -0.951. The van der Waals surface area contributed by atoms with Crippen LogP contribution in [-0.4, -0.2) is 53.8 Å². The van der Waals surface area contributed by atoms with Crippen molar-refractivity contribution in [2.45, 2.75) is 26.4 Å². The molecule has 1 unspecified atom stereocenters.